The standard InChI is InChI=1S/C12H20N4O2/c1-3-6-14-12-15-8-5-10(16-12)11(17)13-7-4-9-18-2/h5,8H,3-4,6-7,9H2,1-2H3,(H,13,17)(H,14,15,16). The molecule has 18 heavy (non-hydrogen) atoms. The summed E-state index contributed by atoms with van der Waals surface area (Å²) in [5.41, 5.74) is 0.376. The number of nitrogens with zero attached hydrogens (tertiary/aromatic N) is 2. The Bertz CT molecular complexity index is 371. The fourth-order valence-corrected chi connectivity index (χ4v) is 1.32. The molecule has 6 nitrogen and oxygen atoms in total. The molecule has 0 aliphatic carbocycles. The molecule has 0 aromatic carbocycles. The van der Waals surface area contributed by atoms with Gasteiger partial charge in [-0.15, -0.1) is 0 Å². The smallest absolute Gasteiger partial charge is 0.270 e. The number of amides is 1. The fraction of sp³-hybridized carbons (Fsp3) is 0.583. The maximum atomic E-state index is 11.8. The van der Waals surface area contributed by atoms with Gasteiger partial charge in [-0.05, 0) is 18.9 Å². The Morgan fingerprint density at radius 1 is 1.44 bits per heavy atom. The molecule has 0 bridgehead atoms. The number of methoxy groups -OCH3 is 1. The Balaban J connectivity index is 2.46. The monoisotopic (exact) mass is 252 g/mol. The largest absolute Gasteiger partial charge is 0.385 e. The van der Waals surface area contributed by atoms with E-state index in [9.17, 15) is 4.79 Å². The highest BCUT2D eigenvalue weighted by Crippen LogP contribution is 2.00. The van der Waals surface area contributed by atoms with Crippen molar-refractivity contribution in [2.45, 2.75) is 19.8 Å². The van der Waals surface area contributed by atoms with Crippen molar-refractivity contribution in [3.63, 3.8) is 0 Å². The Hall–Kier alpha value is -1.69. The minimum atomic E-state index is -0.187. The molecule has 1 amide bonds. The minimum Gasteiger partial charge on any atom is -0.385 e. The van der Waals surface area contributed by atoms with Crippen molar-refractivity contribution < 1.29 is 9.53 Å². The number of nitrogens with one attached hydrogen (secondary N) is 2. The van der Waals surface area contributed by atoms with E-state index < -0.39 is 0 Å². The lowest BCUT2D eigenvalue weighted by Crippen LogP contribution is -2.26. The maximum absolute atomic E-state index is 11.8. The van der Waals surface area contributed by atoms with Crippen molar-refractivity contribution in [2.24, 2.45) is 0 Å². The van der Waals surface area contributed by atoms with E-state index in [0.717, 1.165) is 19.4 Å². The van der Waals surface area contributed by atoms with E-state index in [1.807, 2.05) is 0 Å². The Morgan fingerprint density at radius 3 is 3.00 bits per heavy atom. The number of anilines is 1. The number of hydrogen-bond acceptors (Lipinski definition) is 5. The third kappa shape index (κ3) is 5.09. The number of hydrogen-bond donors (Lipinski definition) is 2. The molecule has 0 saturated heterocycles. The van der Waals surface area contributed by atoms with Gasteiger partial charge in [0, 0.05) is 33.0 Å². The van der Waals surface area contributed by atoms with Crippen molar-refractivity contribution in [2.75, 3.05) is 32.1 Å². The summed E-state index contributed by atoms with van der Waals surface area (Å²) in [7, 11) is 1.64. The molecule has 1 aromatic heterocycles. The average molecular weight is 252 g/mol. The lowest BCUT2D eigenvalue weighted by molar-refractivity contribution is 0.0943. The molecule has 0 spiro atoms. The van der Waals surface area contributed by atoms with E-state index in [-0.39, 0.29) is 5.91 Å². The van der Waals surface area contributed by atoms with E-state index >= 15 is 0 Å². The molecule has 1 rings (SSSR count). The number of rotatable bonds is 8. The molecule has 1 aromatic rings. The SMILES string of the molecule is CCCNc1nccc(C(=O)NCCCOC)n1. The highest BCUT2D eigenvalue weighted by molar-refractivity contribution is 5.92. The third-order valence-electron chi connectivity index (χ3n) is 2.23. The summed E-state index contributed by atoms with van der Waals surface area (Å²) in [6, 6.07) is 1.60. The van der Waals surface area contributed by atoms with Crippen LogP contribution in [0, 0.1) is 0 Å². The first-order valence-electron chi connectivity index (χ1n) is 6.12. The normalized spacial score (nSPS) is 10.1. The summed E-state index contributed by atoms with van der Waals surface area (Å²) in [4.78, 5) is 20.0. The first-order valence-corrected chi connectivity index (χ1v) is 6.12. The summed E-state index contributed by atoms with van der Waals surface area (Å²) in [6.07, 6.45) is 3.35. The summed E-state index contributed by atoms with van der Waals surface area (Å²) >= 11 is 0. The molecule has 0 aliphatic heterocycles. The number of carbonyl (C=O) groups excluding carboxylic acids is 1. The van der Waals surface area contributed by atoms with Crippen LogP contribution >= 0.6 is 0 Å². The number of aromatic nitrogens is 2. The van der Waals surface area contributed by atoms with Gasteiger partial charge in [0.2, 0.25) is 5.95 Å². The first kappa shape index (κ1) is 14.4. The van der Waals surface area contributed by atoms with Gasteiger partial charge >= 0.3 is 0 Å². The lowest BCUT2D eigenvalue weighted by Gasteiger charge is -2.06. The van der Waals surface area contributed by atoms with Crippen LogP contribution in [0.15, 0.2) is 12.3 Å². The lowest BCUT2D eigenvalue weighted by atomic mass is 10.3. The first-order chi connectivity index (χ1) is 8.77. The van der Waals surface area contributed by atoms with Gasteiger partial charge in [0.05, 0.1) is 0 Å². The summed E-state index contributed by atoms with van der Waals surface area (Å²) in [5, 5.41) is 5.82. The molecule has 2 N–H and O–H groups in total. The third-order valence-corrected chi connectivity index (χ3v) is 2.23. The molecule has 100 valence electrons. The second-order valence-corrected chi connectivity index (χ2v) is 3.79. The number of carbonyl (C=O) groups is 1. The van der Waals surface area contributed by atoms with Crippen molar-refractivity contribution in [1.82, 2.24) is 15.3 Å². The zero-order valence-corrected chi connectivity index (χ0v) is 10.9. The predicted octanol–water partition coefficient (Wildman–Crippen LogP) is 1.06. The van der Waals surface area contributed by atoms with Gasteiger partial charge in [-0.2, -0.15) is 0 Å². The average Bonchev–Trinajstić information content (AvgIpc) is 2.41. The summed E-state index contributed by atoms with van der Waals surface area (Å²) in [6.45, 7) is 4.06. The van der Waals surface area contributed by atoms with Gasteiger partial charge in [-0.25, -0.2) is 9.97 Å². The molecule has 0 aliphatic rings. The molecular weight excluding hydrogens is 232 g/mol. The molecular formula is C12H20N4O2. The van der Waals surface area contributed by atoms with Gasteiger partial charge < -0.3 is 15.4 Å². The van der Waals surface area contributed by atoms with E-state index in [4.69, 9.17) is 4.74 Å². The van der Waals surface area contributed by atoms with Gasteiger partial charge in [0.25, 0.3) is 5.91 Å². The number of ether oxygens (including phenoxy) is 1. The molecule has 1 heterocycles. The van der Waals surface area contributed by atoms with Crippen LogP contribution in [0.25, 0.3) is 0 Å². The predicted molar refractivity (Wildman–Crippen MR) is 69.6 cm³/mol. The van der Waals surface area contributed by atoms with Crippen LogP contribution in [0.2, 0.25) is 0 Å². The molecule has 0 unspecified atom stereocenters. The Kier molecular flexibility index (Phi) is 6.71. The van der Waals surface area contributed by atoms with Crippen LogP contribution in [0.5, 0.6) is 0 Å². The highest BCUT2D eigenvalue weighted by atomic mass is 16.5. The van der Waals surface area contributed by atoms with Gasteiger partial charge in [-0.3, -0.25) is 4.79 Å². The van der Waals surface area contributed by atoms with Crippen LogP contribution in [0.1, 0.15) is 30.3 Å². The maximum Gasteiger partial charge on any atom is 0.270 e. The molecule has 0 fully saturated rings. The van der Waals surface area contributed by atoms with Gasteiger partial charge in [-0.1, -0.05) is 6.92 Å². The Morgan fingerprint density at radius 2 is 2.28 bits per heavy atom. The van der Waals surface area contributed by atoms with Crippen molar-refractivity contribution in [3.05, 3.63) is 18.0 Å². The molecule has 0 saturated carbocycles. The van der Waals surface area contributed by atoms with Crippen LogP contribution < -0.4 is 10.6 Å². The van der Waals surface area contributed by atoms with Gasteiger partial charge in [0.1, 0.15) is 5.69 Å². The van der Waals surface area contributed by atoms with Crippen LogP contribution in [-0.4, -0.2) is 42.7 Å². The summed E-state index contributed by atoms with van der Waals surface area (Å²) in [5.74, 6) is 0.300. The Labute approximate surface area is 107 Å². The highest BCUT2D eigenvalue weighted by Gasteiger charge is 2.07. The van der Waals surface area contributed by atoms with E-state index in [1.54, 1.807) is 19.4 Å². The van der Waals surface area contributed by atoms with Crippen LogP contribution in [0.4, 0.5) is 5.95 Å². The van der Waals surface area contributed by atoms with E-state index in [1.165, 1.54) is 0 Å². The van der Waals surface area contributed by atoms with Gasteiger partial charge in [0.15, 0.2) is 0 Å². The molecule has 6 heteroatoms. The second kappa shape index (κ2) is 8.41. The molecule has 0 atom stereocenters. The fourth-order valence-electron chi connectivity index (χ4n) is 1.32. The van der Waals surface area contributed by atoms with Crippen molar-refractivity contribution >= 4 is 11.9 Å². The topological polar surface area (TPSA) is 76.1 Å². The van der Waals surface area contributed by atoms with Crippen molar-refractivity contribution in [1.29, 1.82) is 0 Å². The van der Waals surface area contributed by atoms with Crippen LogP contribution in [0.3, 0.4) is 0 Å². The minimum absolute atomic E-state index is 0.187. The quantitative estimate of drug-likeness (QED) is 0.677. The van der Waals surface area contributed by atoms with E-state index in [2.05, 4.69) is 27.5 Å². The summed E-state index contributed by atoms with van der Waals surface area (Å²) < 4.78 is 4.91. The zero-order valence-electron chi connectivity index (χ0n) is 10.9. The molecule has 0 radical (unpaired) electrons. The van der Waals surface area contributed by atoms with Crippen LogP contribution in [-0.2, 0) is 4.74 Å². The van der Waals surface area contributed by atoms with E-state index in [0.29, 0.717) is 24.8 Å². The second-order valence-electron chi connectivity index (χ2n) is 3.79. The zero-order chi connectivity index (χ0) is 13.2. The van der Waals surface area contributed by atoms with Crippen molar-refractivity contribution in [3.8, 4) is 0 Å².